The van der Waals surface area contributed by atoms with Crippen molar-refractivity contribution in [1.29, 1.82) is 0 Å². The van der Waals surface area contributed by atoms with Crippen molar-refractivity contribution >= 4 is 59.0 Å². The summed E-state index contributed by atoms with van der Waals surface area (Å²) in [6.07, 6.45) is 3.01. The molecule has 3 aromatic heterocycles. The van der Waals surface area contributed by atoms with E-state index < -0.39 is 32.4 Å². The lowest BCUT2D eigenvalue weighted by molar-refractivity contribution is 0.100. The van der Waals surface area contributed by atoms with Crippen LogP contribution < -0.4 is 14.3 Å². The first-order valence-electron chi connectivity index (χ1n) is 18.8. The summed E-state index contributed by atoms with van der Waals surface area (Å²) in [5, 5.41) is 17.6. The average Bonchev–Trinajstić information content (AvgIpc) is 3.97. The monoisotopic (exact) mass is 861 g/mol. The lowest BCUT2D eigenvalue weighted by Gasteiger charge is -2.23. The number of halogens is 2. The molecule has 15 nitrogen and oxygen atoms in total. The number of nitrogens with zero attached hydrogens (tertiary/aromatic N) is 8. The number of benzene rings is 4. The summed E-state index contributed by atoms with van der Waals surface area (Å²) in [6, 6.07) is 24.6. The van der Waals surface area contributed by atoms with Gasteiger partial charge in [0, 0.05) is 34.0 Å². The highest BCUT2D eigenvalue weighted by atomic mass is 32.2. The molecule has 3 heterocycles. The summed E-state index contributed by atoms with van der Waals surface area (Å²) in [7, 11) is -7.11. The maximum absolute atomic E-state index is 12.7. The fourth-order valence-corrected chi connectivity index (χ4v) is 8.18. The van der Waals surface area contributed by atoms with Gasteiger partial charge in [0.2, 0.25) is 25.9 Å². The van der Waals surface area contributed by atoms with E-state index in [2.05, 4.69) is 20.4 Å². The Hall–Kier alpha value is -6.05. The molecule has 60 heavy (non-hydrogen) atoms. The largest absolute Gasteiger partial charge is 0.415 e. The van der Waals surface area contributed by atoms with E-state index in [-0.39, 0.29) is 43.4 Å². The van der Waals surface area contributed by atoms with E-state index in [1.54, 1.807) is 73.1 Å². The maximum atomic E-state index is 12.7. The number of sulfonamides is 2. The summed E-state index contributed by atoms with van der Waals surface area (Å²) < 4.78 is 86.8. The summed E-state index contributed by atoms with van der Waals surface area (Å²) in [5.74, 6) is -0.929. The number of hydrogen-bond acceptors (Lipinski definition) is 11. The lowest BCUT2D eigenvalue weighted by Crippen LogP contribution is -2.29. The molecule has 0 spiro atoms. The van der Waals surface area contributed by atoms with Crippen LogP contribution in [0.5, 0.6) is 0 Å². The van der Waals surface area contributed by atoms with Gasteiger partial charge in [-0.15, -0.1) is 10.2 Å². The molecule has 0 amide bonds. The fraction of sp³-hybridized carbons (Fsp3) is 0.293. The molecule has 0 radical (unpaired) electrons. The van der Waals surface area contributed by atoms with E-state index in [1.807, 2.05) is 61.3 Å². The van der Waals surface area contributed by atoms with Gasteiger partial charge in [-0.1, -0.05) is 36.4 Å². The number of carbonyl (C=O) groups is 1. The van der Waals surface area contributed by atoms with Gasteiger partial charge in [-0.25, -0.2) is 16.8 Å². The number of hydrogen-bond donors (Lipinski definition) is 1. The number of carbonyl (C=O) groups excluding carboxylic acids is 1. The second-order valence-corrected chi connectivity index (χ2v) is 18.5. The molecule has 0 aliphatic rings. The first-order valence-corrected chi connectivity index (χ1v) is 22.5. The van der Waals surface area contributed by atoms with Gasteiger partial charge in [-0.3, -0.25) is 22.8 Å². The zero-order chi connectivity index (χ0) is 43.5. The second-order valence-electron chi connectivity index (χ2n) is 14.7. The van der Waals surface area contributed by atoms with Gasteiger partial charge >= 0.3 is 6.43 Å². The van der Waals surface area contributed by atoms with Crippen LogP contribution in [0, 0.1) is 0 Å². The van der Waals surface area contributed by atoms with Gasteiger partial charge < -0.3 is 10.2 Å². The molecule has 0 fully saturated rings. The minimum atomic E-state index is -3.59. The van der Waals surface area contributed by atoms with Crippen molar-refractivity contribution in [2.75, 3.05) is 27.7 Å². The van der Waals surface area contributed by atoms with Crippen LogP contribution >= 0.6 is 0 Å². The highest BCUT2D eigenvalue weighted by Crippen LogP contribution is 2.30. The zero-order valence-electron chi connectivity index (χ0n) is 33.8. The smallest absolute Gasteiger partial charge is 0.314 e. The Morgan fingerprint density at radius 1 is 0.700 bits per heavy atom. The number of Topliss-reactive ketones (excluding diaryl/α,β-unsaturated/α-hetero) is 1. The van der Waals surface area contributed by atoms with Crippen LogP contribution in [-0.2, 0) is 33.1 Å². The Labute approximate surface area is 346 Å². The summed E-state index contributed by atoms with van der Waals surface area (Å²) >= 11 is 0. The molecule has 0 saturated carbocycles. The number of fused-ring (bicyclic) bond motifs is 2. The molecular formula is C41H45F2N9O6S2. The standard InChI is InChI=1S/C21H21F2N5O3S.C20H24N4O3S/c1-13(2)28-18-10-17(9-8-16(18)11-24-28)27(32(3,29)30)12-14-4-6-15(7-5-14)20-25-26-21(31-20)19(22)23;1-14(2)24-19-10-18(9-8-17(19)12-22-24)23(28(3,26)27)13-15-4-6-16(7-5-15)20(25)11-21/h4-11,13,19H,12H2,1-3H3;4-10,12,14H,11,13,21H2,1-3H3. The van der Waals surface area contributed by atoms with Gasteiger partial charge in [-0.05, 0) is 87.4 Å². The molecule has 19 heteroatoms. The Bertz CT molecular complexity index is 2840. The summed E-state index contributed by atoms with van der Waals surface area (Å²) in [4.78, 5) is 11.7. The Kier molecular flexibility index (Phi) is 12.8. The predicted octanol–water partition coefficient (Wildman–Crippen LogP) is 7.30. The Balaban J connectivity index is 0.000000203. The van der Waals surface area contributed by atoms with Crippen LogP contribution in [0.1, 0.15) is 73.6 Å². The molecule has 2 N–H and O–H groups in total. The number of nitrogens with two attached hydrogens (primary N) is 1. The Morgan fingerprint density at radius 3 is 1.53 bits per heavy atom. The van der Waals surface area contributed by atoms with Crippen molar-refractivity contribution in [2.45, 2.75) is 59.3 Å². The van der Waals surface area contributed by atoms with Crippen LogP contribution in [0.25, 0.3) is 33.3 Å². The van der Waals surface area contributed by atoms with Crippen molar-refractivity contribution in [2.24, 2.45) is 5.73 Å². The number of aromatic nitrogens is 6. The van der Waals surface area contributed by atoms with Gasteiger partial charge in [0.15, 0.2) is 5.78 Å². The highest BCUT2D eigenvalue weighted by molar-refractivity contribution is 7.92. The molecule has 0 bridgehead atoms. The van der Waals surface area contributed by atoms with Crippen molar-refractivity contribution in [3.05, 3.63) is 120 Å². The number of alkyl halides is 2. The molecular weight excluding hydrogens is 817 g/mol. The number of anilines is 2. The predicted molar refractivity (Wildman–Crippen MR) is 227 cm³/mol. The van der Waals surface area contributed by atoms with Crippen molar-refractivity contribution in [3.63, 3.8) is 0 Å². The molecule has 7 rings (SSSR count). The van der Waals surface area contributed by atoms with E-state index in [4.69, 9.17) is 10.2 Å². The molecule has 7 aromatic rings. The maximum Gasteiger partial charge on any atom is 0.314 e. The minimum absolute atomic E-state index is 0.0285. The second kappa shape index (κ2) is 17.7. The van der Waals surface area contributed by atoms with Crippen LogP contribution in [0.2, 0.25) is 0 Å². The van der Waals surface area contributed by atoms with Crippen molar-refractivity contribution in [3.8, 4) is 11.5 Å². The van der Waals surface area contributed by atoms with E-state index in [0.29, 0.717) is 28.1 Å². The first kappa shape index (κ1) is 43.5. The van der Waals surface area contributed by atoms with E-state index in [1.165, 1.54) is 14.9 Å². The summed E-state index contributed by atoms with van der Waals surface area (Å²) in [5.41, 5.74) is 10.6. The fourth-order valence-electron chi connectivity index (χ4n) is 6.42. The van der Waals surface area contributed by atoms with Gasteiger partial charge in [0.05, 0.1) is 66.9 Å². The van der Waals surface area contributed by atoms with Gasteiger partial charge in [0.1, 0.15) is 0 Å². The number of rotatable bonds is 14. The van der Waals surface area contributed by atoms with Crippen molar-refractivity contribution < 1.29 is 34.8 Å². The molecule has 0 aliphatic heterocycles. The van der Waals surface area contributed by atoms with E-state index in [0.717, 1.165) is 33.6 Å². The molecule has 316 valence electrons. The topological polar surface area (TPSA) is 192 Å². The lowest BCUT2D eigenvalue weighted by atomic mass is 10.1. The SMILES string of the molecule is CC(C)n1ncc2ccc(N(Cc3ccc(-c4nnc(C(F)F)o4)cc3)S(C)(=O)=O)cc21.CC(C)n1ncc2ccc(N(Cc3ccc(C(=O)CN)cc3)S(C)(=O)=O)cc21. The van der Waals surface area contributed by atoms with Crippen LogP contribution in [-0.4, -0.2) is 71.4 Å². The molecule has 0 aliphatic carbocycles. The Morgan fingerprint density at radius 2 is 1.15 bits per heavy atom. The molecule has 0 saturated heterocycles. The van der Waals surface area contributed by atoms with Crippen LogP contribution in [0.4, 0.5) is 20.2 Å². The minimum Gasteiger partial charge on any atom is -0.415 e. The van der Waals surface area contributed by atoms with Crippen LogP contribution in [0.15, 0.2) is 102 Å². The first-order chi connectivity index (χ1) is 28.3. The van der Waals surface area contributed by atoms with Crippen LogP contribution in [0.3, 0.4) is 0 Å². The zero-order valence-corrected chi connectivity index (χ0v) is 35.4. The highest BCUT2D eigenvalue weighted by Gasteiger charge is 2.22. The van der Waals surface area contributed by atoms with Gasteiger partial charge in [0.25, 0.3) is 5.89 Å². The van der Waals surface area contributed by atoms with E-state index >= 15 is 0 Å². The quantitative estimate of drug-likeness (QED) is 0.108. The normalized spacial score (nSPS) is 12.1. The third-order valence-corrected chi connectivity index (χ3v) is 11.7. The third-order valence-electron chi connectivity index (χ3n) is 9.46. The summed E-state index contributed by atoms with van der Waals surface area (Å²) in [6.45, 7) is 8.25. The molecule has 4 aromatic carbocycles. The third kappa shape index (κ3) is 9.86. The molecule has 0 atom stereocenters. The van der Waals surface area contributed by atoms with E-state index in [9.17, 15) is 30.4 Å². The average molecular weight is 862 g/mol. The molecule has 0 unspecified atom stereocenters. The van der Waals surface area contributed by atoms with Crippen molar-refractivity contribution in [1.82, 2.24) is 29.8 Å². The van der Waals surface area contributed by atoms with Gasteiger partial charge in [-0.2, -0.15) is 19.0 Å². The number of ketones is 1.